The van der Waals surface area contributed by atoms with Crippen molar-refractivity contribution in [3.8, 4) is 5.75 Å². The summed E-state index contributed by atoms with van der Waals surface area (Å²) >= 11 is 0. The number of hydrogen-bond donors (Lipinski definition) is 1. The molecule has 0 aromatic heterocycles. The lowest BCUT2D eigenvalue weighted by molar-refractivity contribution is 0.213. The minimum Gasteiger partial charge on any atom is -0.496 e. The van der Waals surface area contributed by atoms with Gasteiger partial charge in [-0.15, -0.1) is 0 Å². The fourth-order valence-electron chi connectivity index (χ4n) is 1.95. The summed E-state index contributed by atoms with van der Waals surface area (Å²) in [6.07, 6.45) is 0. The van der Waals surface area contributed by atoms with Gasteiger partial charge in [0.05, 0.1) is 7.11 Å². The Balaban J connectivity index is 3.49. The summed E-state index contributed by atoms with van der Waals surface area (Å²) < 4.78 is 19.3. The zero-order chi connectivity index (χ0) is 12.5. The second kappa shape index (κ2) is 4.42. The number of benzene rings is 1. The Morgan fingerprint density at radius 2 is 1.94 bits per heavy atom. The Morgan fingerprint density at radius 3 is 2.31 bits per heavy atom. The first-order valence-electron chi connectivity index (χ1n) is 5.41. The summed E-state index contributed by atoms with van der Waals surface area (Å²) in [6, 6.07) is 3.48. The highest BCUT2D eigenvalue weighted by molar-refractivity contribution is 5.49. The first-order chi connectivity index (χ1) is 7.29. The molecule has 1 aromatic rings. The van der Waals surface area contributed by atoms with Crippen molar-refractivity contribution in [1.29, 1.82) is 0 Å². The van der Waals surface area contributed by atoms with Crippen LogP contribution in [0.25, 0.3) is 0 Å². The molecule has 0 saturated heterocycles. The molecule has 0 radical (unpaired) electrons. The van der Waals surface area contributed by atoms with Gasteiger partial charge in [-0.3, -0.25) is 0 Å². The van der Waals surface area contributed by atoms with Gasteiger partial charge >= 0.3 is 0 Å². The van der Waals surface area contributed by atoms with Gasteiger partial charge < -0.3 is 10.5 Å². The number of aryl methyl sites for hydroxylation is 1. The Bertz CT molecular complexity index is 380. The molecule has 1 rings (SSSR count). The maximum atomic E-state index is 14.0. The molecule has 0 heterocycles. The molecule has 0 bridgehead atoms. The van der Waals surface area contributed by atoms with Gasteiger partial charge in [0.25, 0.3) is 0 Å². The minimum atomic E-state index is -1.43. The average Bonchev–Trinajstić information content (AvgIpc) is 2.14. The van der Waals surface area contributed by atoms with Crippen molar-refractivity contribution >= 4 is 0 Å². The van der Waals surface area contributed by atoms with Crippen molar-refractivity contribution in [3.63, 3.8) is 0 Å². The maximum absolute atomic E-state index is 14.0. The molecule has 0 aliphatic rings. The maximum Gasteiger partial charge on any atom is 0.134 e. The summed E-state index contributed by atoms with van der Waals surface area (Å²) in [4.78, 5) is 0. The van der Waals surface area contributed by atoms with Gasteiger partial charge in [0.1, 0.15) is 11.4 Å². The molecule has 0 spiro atoms. The van der Waals surface area contributed by atoms with Crippen LogP contribution >= 0.6 is 0 Å². The summed E-state index contributed by atoms with van der Waals surface area (Å²) in [6.45, 7) is 6.87. The molecular formula is C13H20FNO. The normalized spacial score (nSPS) is 13.7. The van der Waals surface area contributed by atoms with E-state index < -0.39 is 5.67 Å². The molecule has 0 aliphatic heterocycles. The number of rotatable bonds is 3. The van der Waals surface area contributed by atoms with Crippen LogP contribution in [-0.2, 0) is 5.67 Å². The van der Waals surface area contributed by atoms with Crippen LogP contribution in [0, 0.1) is 6.92 Å². The number of methoxy groups -OCH3 is 1. The minimum absolute atomic E-state index is 0.169. The van der Waals surface area contributed by atoms with Crippen molar-refractivity contribution in [2.75, 3.05) is 7.11 Å². The van der Waals surface area contributed by atoms with Gasteiger partial charge in [0, 0.05) is 17.2 Å². The van der Waals surface area contributed by atoms with E-state index in [-0.39, 0.29) is 6.04 Å². The summed E-state index contributed by atoms with van der Waals surface area (Å²) in [5.41, 5.74) is 6.93. The van der Waals surface area contributed by atoms with Crippen molar-refractivity contribution in [1.82, 2.24) is 0 Å². The first kappa shape index (κ1) is 13.0. The van der Waals surface area contributed by atoms with Crippen LogP contribution < -0.4 is 10.5 Å². The smallest absolute Gasteiger partial charge is 0.134 e. The van der Waals surface area contributed by atoms with Crippen LogP contribution in [-0.4, -0.2) is 7.11 Å². The molecule has 16 heavy (non-hydrogen) atoms. The van der Waals surface area contributed by atoms with E-state index in [0.717, 1.165) is 11.1 Å². The van der Waals surface area contributed by atoms with Crippen LogP contribution in [0.4, 0.5) is 4.39 Å². The molecule has 0 amide bonds. The monoisotopic (exact) mass is 225 g/mol. The first-order valence-corrected chi connectivity index (χ1v) is 5.41. The molecular weight excluding hydrogens is 205 g/mol. The SMILES string of the molecule is COc1c(C(C)(C)F)ccc(C)c1C(C)N. The predicted octanol–water partition coefficient (Wildman–Crippen LogP) is 3.23. The van der Waals surface area contributed by atoms with Crippen LogP contribution in [0.15, 0.2) is 12.1 Å². The molecule has 2 N–H and O–H groups in total. The molecule has 1 atom stereocenters. The molecule has 90 valence electrons. The van der Waals surface area contributed by atoms with E-state index >= 15 is 0 Å². The fraction of sp³-hybridized carbons (Fsp3) is 0.538. The van der Waals surface area contributed by atoms with Crippen LogP contribution in [0.1, 0.15) is 43.5 Å². The molecule has 1 unspecified atom stereocenters. The third kappa shape index (κ3) is 2.35. The number of halogens is 1. The van der Waals surface area contributed by atoms with E-state index in [1.165, 1.54) is 13.8 Å². The number of hydrogen-bond acceptors (Lipinski definition) is 2. The molecule has 0 saturated carbocycles. The van der Waals surface area contributed by atoms with Crippen LogP contribution in [0.3, 0.4) is 0 Å². The second-order valence-electron chi connectivity index (χ2n) is 4.64. The Labute approximate surface area is 96.6 Å². The van der Waals surface area contributed by atoms with Gasteiger partial charge in [0.2, 0.25) is 0 Å². The lowest BCUT2D eigenvalue weighted by Crippen LogP contribution is -2.16. The Morgan fingerprint density at radius 1 is 1.38 bits per heavy atom. The largest absolute Gasteiger partial charge is 0.496 e. The fourth-order valence-corrected chi connectivity index (χ4v) is 1.95. The van der Waals surface area contributed by atoms with Gasteiger partial charge in [-0.2, -0.15) is 0 Å². The van der Waals surface area contributed by atoms with E-state index in [9.17, 15) is 4.39 Å². The average molecular weight is 225 g/mol. The standard InChI is InChI=1S/C13H20FNO/c1-8-6-7-10(13(3,4)14)12(16-5)11(8)9(2)15/h6-7,9H,15H2,1-5H3. The highest BCUT2D eigenvalue weighted by Crippen LogP contribution is 2.38. The second-order valence-corrected chi connectivity index (χ2v) is 4.64. The molecule has 3 heteroatoms. The summed E-state index contributed by atoms with van der Waals surface area (Å²) in [5.74, 6) is 0.572. The number of ether oxygens (including phenoxy) is 1. The Hall–Kier alpha value is -1.09. The molecule has 1 aromatic carbocycles. The van der Waals surface area contributed by atoms with Crippen molar-refractivity contribution < 1.29 is 9.13 Å². The summed E-state index contributed by atoms with van der Waals surface area (Å²) in [5, 5.41) is 0. The number of nitrogens with two attached hydrogens (primary N) is 1. The van der Waals surface area contributed by atoms with E-state index in [0.29, 0.717) is 11.3 Å². The van der Waals surface area contributed by atoms with Crippen molar-refractivity contribution in [2.24, 2.45) is 5.73 Å². The third-order valence-electron chi connectivity index (χ3n) is 2.71. The zero-order valence-corrected chi connectivity index (χ0v) is 10.6. The van der Waals surface area contributed by atoms with Gasteiger partial charge in [0.15, 0.2) is 0 Å². The quantitative estimate of drug-likeness (QED) is 0.857. The van der Waals surface area contributed by atoms with E-state index in [2.05, 4.69) is 0 Å². The van der Waals surface area contributed by atoms with E-state index in [4.69, 9.17) is 10.5 Å². The molecule has 0 aliphatic carbocycles. The van der Waals surface area contributed by atoms with E-state index in [1.54, 1.807) is 13.2 Å². The highest BCUT2D eigenvalue weighted by atomic mass is 19.1. The zero-order valence-electron chi connectivity index (χ0n) is 10.6. The lowest BCUT2D eigenvalue weighted by Gasteiger charge is -2.23. The van der Waals surface area contributed by atoms with Gasteiger partial charge in [-0.05, 0) is 33.3 Å². The lowest BCUT2D eigenvalue weighted by atomic mass is 9.91. The van der Waals surface area contributed by atoms with Crippen LogP contribution in [0.5, 0.6) is 5.75 Å². The van der Waals surface area contributed by atoms with Crippen molar-refractivity contribution in [2.45, 2.75) is 39.4 Å². The summed E-state index contributed by atoms with van der Waals surface area (Å²) in [7, 11) is 1.55. The number of alkyl halides is 1. The van der Waals surface area contributed by atoms with Gasteiger partial charge in [-0.25, -0.2) is 4.39 Å². The van der Waals surface area contributed by atoms with Crippen LogP contribution in [0.2, 0.25) is 0 Å². The third-order valence-corrected chi connectivity index (χ3v) is 2.71. The predicted molar refractivity (Wildman–Crippen MR) is 64.5 cm³/mol. The van der Waals surface area contributed by atoms with Crippen molar-refractivity contribution in [3.05, 3.63) is 28.8 Å². The molecule has 0 fully saturated rings. The van der Waals surface area contributed by atoms with E-state index in [1.807, 2.05) is 19.9 Å². The molecule has 2 nitrogen and oxygen atoms in total. The Kier molecular flexibility index (Phi) is 3.58. The van der Waals surface area contributed by atoms with Gasteiger partial charge in [-0.1, -0.05) is 12.1 Å². The topological polar surface area (TPSA) is 35.2 Å². The highest BCUT2D eigenvalue weighted by Gasteiger charge is 2.26.